The normalized spacial score (nSPS) is 12.8. The number of aldehydes is 1. The number of nitrogens with zero attached hydrogens (tertiary/aromatic N) is 1. The van der Waals surface area contributed by atoms with Crippen molar-refractivity contribution < 1.29 is 4.79 Å². The Labute approximate surface area is 169 Å². The maximum Gasteiger partial charge on any atom is 0.124 e. The summed E-state index contributed by atoms with van der Waals surface area (Å²) in [5.74, 6) is 0. The second-order valence-corrected chi connectivity index (χ2v) is 7.08. The molecule has 2 rings (SSSR count). The van der Waals surface area contributed by atoms with E-state index in [1.165, 1.54) is 11.1 Å². The highest BCUT2D eigenvalue weighted by Gasteiger charge is 2.09. The number of carbonyl (C=O) groups excluding carboxylic acids is 1. The fraction of sp³-hybridized carbons (Fsp3) is 0.360. The topological polar surface area (TPSA) is 45.2 Å². The molecule has 0 bridgehead atoms. The number of benzene rings is 1. The van der Waals surface area contributed by atoms with Gasteiger partial charge in [-0.1, -0.05) is 38.5 Å². The van der Waals surface area contributed by atoms with Crippen LogP contribution in [0.25, 0.3) is 5.57 Å². The van der Waals surface area contributed by atoms with Crippen LogP contribution in [-0.2, 0) is 24.1 Å². The number of rotatable bonds is 9. The Bertz CT molecular complexity index is 897. The van der Waals surface area contributed by atoms with Gasteiger partial charge in [-0.25, -0.2) is 0 Å². The minimum absolute atomic E-state index is 0.455. The van der Waals surface area contributed by atoms with Gasteiger partial charge in [-0.05, 0) is 79.6 Å². The molecule has 0 amide bonds. The lowest BCUT2D eigenvalue weighted by molar-refractivity contribution is -0.107. The summed E-state index contributed by atoms with van der Waals surface area (Å²) in [6.45, 7) is 10.5. The van der Waals surface area contributed by atoms with Gasteiger partial charge in [0, 0.05) is 29.7 Å². The Hall–Kier alpha value is -2.68. The third kappa shape index (κ3) is 5.41. The van der Waals surface area contributed by atoms with Crippen LogP contribution in [0.2, 0.25) is 0 Å². The molecule has 0 atom stereocenters. The lowest BCUT2D eigenvalue weighted by atomic mass is 10.0. The van der Waals surface area contributed by atoms with Gasteiger partial charge in [0.2, 0.25) is 0 Å². The summed E-state index contributed by atoms with van der Waals surface area (Å²) in [5.41, 5.74) is 9.21. The van der Waals surface area contributed by atoms with Gasteiger partial charge in [-0.15, -0.1) is 0 Å². The maximum atomic E-state index is 11.0. The van der Waals surface area contributed by atoms with Gasteiger partial charge in [0.25, 0.3) is 0 Å². The number of hydrogen-bond donors (Lipinski definition) is 1. The number of aromatic amines is 1. The molecule has 0 saturated heterocycles. The molecule has 0 saturated carbocycles. The zero-order valence-electron chi connectivity index (χ0n) is 17.8. The van der Waals surface area contributed by atoms with Gasteiger partial charge >= 0.3 is 0 Å². The van der Waals surface area contributed by atoms with Crippen molar-refractivity contribution in [1.29, 1.82) is 0 Å². The number of aliphatic imine (C=N–C) groups is 1. The van der Waals surface area contributed by atoms with Crippen LogP contribution in [0.15, 0.2) is 47.6 Å². The molecule has 148 valence electrons. The van der Waals surface area contributed by atoms with E-state index >= 15 is 0 Å². The van der Waals surface area contributed by atoms with Crippen molar-refractivity contribution in [2.45, 2.75) is 60.3 Å². The van der Waals surface area contributed by atoms with E-state index < -0.39 is 0 Å². The van der Waals surface area contributed by atoms with E-state index in [-0.39, 0.29) is 0 Å². The first-order chi connectivity index (χ1) is 13.5. The van der Waals surface area contributed by atoms with Gasteiger partial charge in [-0.3, -0.25) is 4.99 Å². The van der Waals surface area contributed by atoms with Crippen LogP contribution in [0.4, 0.5) is 0 Å². The van der Waals surface area contributed by atoms with Crippen molar-refractivity contribution in [3.05, 3.63) is 76.3 Å². The number of hydrogen-bond acceptors (Lipinski definition) is 2. The van der Waals surface area contributed by atoms with Crippen molar-refractivity contribution in [3.8, 4) is 0 Å². The molecule has 0 aliphatic heterocycles. The minimum atomic E-state index is 0.455. The second-order valence-electron chi connectivity index (χ2n) is 7.08. The Kier molecular flexibility index (Phi) is 8.19. The average molecular weight is 377 g/mol. The molecular formula is C25H32N2O. The van der Waals surface area contributed by atoms with E-state index in [1.54, 1.807) is 0 Å². The molecule has 0 spiro atoms. The molecule has 0 aliphatic rings. The summed E-state index contributed by atoms with van der Waals surface area (Å²) in [4.78, 5) is 19.1. The summed E-state index contributed by atoms with van der Waals surface area (Å²) in [7, 11) is 0. The highest BCUT2D eigenvalue weighted by molar-refractivity contribution is 5.99. The van der Waals surface area contributed by atoms with Crippen LogP contribution in [-0.4, -0.2) is 17.0 Å². The van der Waals surface area contributed by atoms with Crippen LogP contribution >= 0.6 is 0 Å². The third-order valence-electron chi connectivity index (χ3n) is 5.09. The van der Waals surface area contributed by atoms with Crippen molar-refractivity contribution in [2.75, 3.05) is 0 Å². The summed E-state index contributed by atoms with van der Waals surface area (Å²) in [6, 6.07) is 8.61. The number of aromatic nitrogens is 1. The SMILES string of the molecule is C/C=C(/C=C\N=C(C)c1ccc(C)c(CC)c1)c1cc(CC=O)c(CCC)[nH]1. The first-order valence-electron chi connectivity index (χ1n) is 10.2. The molecule has 0 unspecified atom stereocenters. The van der Waals surface area contributed by atoms with E-state index in [0.29, 0.717) is 6.42 Å². The van der Waals surface area contributed by atoms with Gasteiger partial charge < -0.3 is 9.78 Å². The molecule has 0 aliphatic carbocycles. The number of H-pyrrole nitrogens is 1. The molecule has 28 heavy (non-hydrogen) atoms. The molecule has 3 nitrogen and oxygen atoms in total. The molecule has 1 heterocycles. The maximum absolute atomic E-state index is 11.0. The molecule has 1 N–H and O–H groups in total. The summed E-state index contributed by atoms with van der Waals surface area (Å²) >= 11 is 0. The van der Waals surface area contributed by atoms with Gasteiger partial charge in [-0.2, -0.15) is 0 Å². The lowest BCUT2D eigenvalue weighted by Crippen LogP contribution is -1.97. The monoisotopic (exact) mass is 376 g/mol. The van der Waals surface area contributed by atoms with Crippen molar-refractivity contribution in [1.82, 2.24) is 4.98 Å². The van der Waals surface area contributed by atoms with Gasteiger partial charge in [0.05, 0.1) is 0 Å². The smallest absolute Gasteiger partial charge is 0.124 e. The quantitative estimate of drug-likeness (QED) is 0.325. The number of allylic oxidation sites excluding steroid dienone is 3. The van der Waals surface area contributed by atoms with Crippen LogP contribution < -0.4 is 0 Å². The average Bonchev–Trinajstić information content (AvgIpc) is 3.08. The third-order valence-corrected chi connectivity index (χ3v) is 5.09. The van der Waals surface area contributed by atoms with Crippen LogP contribution in [0.1, 0.15) is 67.8 Å². The molecular weight excluding hydrogens is 344 g/mol. The van der Waals surface area contributed by atoms with E-state index in [4.69, 9.17) is 0 Å². The molecule has 3 heteroatoms. The standard InChI is InChI=1S/C25H32N2O/c1-6-9-24-23(13-15-28)17-25(27-24)20(7-2)12-14-26-19(5)22-11-10-18(4)21(8-3)16-22/h7,10-12,14-17,27H,6,8-9,13H2,1-5H3/b14-12-,20-7-,26-19?. The predicted molar refractivity (Wildman–Crippen MR) is 120 cm³/mol. The highest BCUT2D eigenvalue weighted by Crippen LogP contribution is 2.21. The van der Waals surface area contributed by atoms with Gasteiger partial charge in [0.15, 0.2) is 0 Å². The van der Waals surface area contributed by atoms with Crippen LogP contribution in [0, 0.1) is 6.92 Å². The van der Waals surface area contributed by atoms with Crippen molar-refractivity contribution in [3.63, 3.8) is 0 Å². The predicted octanol–water partition coefficient (Wildman–Crippen LogP) is 6.01. The van der Waals surface area contributed by atoms with E-state index in [1.807, 2.05) is 26.1 Å². The summed E-state index contributed by atoms with van der Waals surface area (Å²) in [5, 5.41) is 0. The molecule has 0 radical (unpaired) electrons. The summed E-state index contributed by atoms with van der Waals surface area (Å²) < 4.78 is 0. The fourth-order valence-corrected chi connectivity index (χ4v) is 3.36. The van der Waals surface area contributed by atoms with Gasteiger partial charge in [0.1, 0.15) is 6.29 Å². The van der Waals surface area contributed by atoms with E-state index in [2.05, 4.69) is 61.1 Å². The molecule has 1 aromatic heterocycles. The Balaban J connectivity index is 2.22. The zero-order valence-corrected chi connectivity index (χ0v) is 17.8. The molecule has 2 aromatic rings. The van der Waals surface area contributed by atoms with Crippen LogP contribution in [0.3, 0.4) is 0 Å². The van der Waals surface area contributed by atoms with E-state index in [0.717, 1.165) is 59.3 Å². The van der Waals surface area contributed by atoms with Crippen molar-refractivity contribution in [2.24, 2.45) is 4.99 Å². The number of aryl methyl sites for hydroxylation is 3. The first kappa shape index (κ1) is 21.6. The van der Waals surface area contributed by atoms with Crippen molar-refractivity contribution >= 4 is 17.6 Å². The largest absolute Gasteiger partial charge is 0.358 e. The fourth-order valence-electron chi connectivity index (χ4n) is 3.36. The Morgan fingerprint density at radius 1 is 1.18 bits per heavy atom. The Morgan fingerprint density at radius 3 is 2.61 bits per heavy atom. The number of carbonyl (C=O) groups is 1. The minimum Gasteiger partial charge on any atom is -0.358 e. The van der Waals surface area contributed by atoms with E-state index in [9.17, 15) is 4.79 Å². The number of nitrogens with one attached hydrogen (secondary N) is 1. The highest BCUT2D eigenvalue weighted by atomic mass is 16.1. The summed E-state index contributed by atoms with van der Waals surface area (Å²) in [6.07, 6.45) is 10.4. The lowest BCUT2D eigenvalue weighted by Gasteiger charge is -2.06. The Morgan fingerprint density at radius 2 is 1.96 bits per heavy atom. The molecule has 1 aromatic carbocycles. The first-order valence-corrected chi connectivity index (χ1v) is 10.2. The zero-order chi connectivity index (χ0) is 20.5. The second kappa shape index (κ2) is 10.6. The van der Waals surface area contributed by atoms with Crippen LogP contribution in [0.5, 0.6) is 0 Å². The molecule has 0 fully saturated rings.